The summed E-state index contributed by atoms with van der Waals surface area (Å²) < 4.78 is 48.3. The Bertz CT molecular complexity index is 893. The lowest BCUT2D eigenvalue weighted by Crippen LogP contribution is -2.22. The Morgan fingerprint density at radius 3 is 2.57 bits per heavy atom. The molecule has 0 saturated heterocycles. The van der Waals surface area contributed by atoms with Crippen LogP contribution in [-0.2, 0) is 20.5 Å². The first-order chi connectivity index (χ1) is 13.2. The number of nitrogens with one attached hydrogen (secondary N) is 1. The predicted octanol–water partition coefficient (Wildman–Crippen LogP) is 3.61. The molecule has 0 aliphatic rings. The van der Waals surface area contributed by atoms with Crippen LogP contribution in [0.3, 0.4) is 0 Å². The van der Waals surface area contributed by atoms with Crippen molar-refractivity contribution in [2.45, 2.75) is 6.18 Å². The summed E-state index contributed by atoms with van der Waals surface area (Å²) in [4.78, 5) is 23.4. The molecule has 28 heavy (non-hydrogen) atoms. The van der Waals surface area contributed by atoms with Gasteiger partial charge in [0.1, 0.15) is 0 Å². The number of anilines is 1. The van der Waals surface area contributed by atoms with Crippen LogP contribution in [0.4, 0.5) is 18.9 Å². The van der Waals surface area contributed by atoms with Gasteiger partial charge in [-0.05, 0) is 35.9 Å². The summed E-state index contributed by atoms with van der Waals surface area (Å²) in [6.07, 6.45) is -2.24. The van der Waals surface area contributed by atoms with E-state index in [1.165, 1.54) is 43.5 Å². The van der Waals surface area contributed by atoms with E-state index in [1.54, 1.807) is 0 Å². The molecule has 148 valence electrons. The van der Waals surface area contributed by atoms with Gasteiger partial charge >= 0.3 is 12.1 Å². The fraction of sp³-hybridized carbons (Fsp3) is 0.158. The topological polar surface area (TPSA) is 84.9 Å². The third-order valence-electron chi connectivity index (χ3n) is 3.47. The van der Waals surface area contributed by atoms with Crippen LogP contribution in [0.2, 0.25) is 0 Å². The van der Waals surface area contributed by atoms with E-state index >= 15 is 0 Å². The van der Waals surface area contributed by atoms with Gasteiger partial charge in [0.2, 0.25) is 0 Å². The molecule has 0 heterocycles. The average molecular weight is 395 g/mol. The van der Waals surface area contributed by atoms with Gasteiger partial charge in [0.15, 0.2) is 18.1 Å². The van der Waals surface area contributed by atoms with Gasteiger partial charge in [-0.1, -0.05) is 18.2 Å². The van der Waals surface area contributed by atoms with Gasteiger partial charge in [-0.25, -0.2) is 4.79 Å². The van der Waals surface area contributed by atoms with Crippen molar-refractivity contribution >= 4 is 23.6 Å². The number of hydrogen-bond acceptors (Lipinski definition) is 5. The Balaban J connectivity index is 1.92. The molecule has 0 aliphatic carbocycles. The van der Waals surface area contributed by atoms with Crippen molar-refractivity contribution in [2.24, 2.45) is 0 Å². The van der Waals surface area contributed by atoms with Crippen molar-refractivity contribution in [3.8, 4) is 11.5 Å². The van der Waals surface area contributed by atoms with E-state index in [2.05, 4.69) is 5.32 Å². The molecule has 0 bridgehead atoms. The molecule has 2 rings (SSSR count). The molecule has 2 aromatic carbocycles. The maximum absolute atomic E-state index is 12.9. The van der Waals surface area contributed by atoms with Crippen molar-refractivity contribution < 1.29 is 37.3 Å². The number of carbonyl (C=O) groups is 2. The zero-order chi connectivity index (χ0) is 20.7. The van der Waals surface area contributed by atoms with Crippen LogP contribution in [0, 0.1) is 0 Å². The van der Waals surface area contributed by atoms with Gasteiger partial charge in [-0.15, -0.1) is 0 Å². The van der Waals surface area contributed by atoms with E-state index in [9.17, 15) is 27.9 Å². The SMILES string of the molecule is COc1cc(/C=C/C(=O)OCC(=O)Nc2ccccc2C(F)(F)F)ccc1O. The van der Waals surface area contributed by atoms with E-state index in [-0.39, 0.29) is 11.5 Å². The van der Waals surface area contributed by atoms with Crippen LogP contribution >= 0.6 is 0 Å². The van der Waals surface area contributed by atoms with Crippen molar-refractivity contribution in [3.05, 3.63) is 59.7 Å². The Morgan fingerprint density at radius 1 is 1.18 bits per heavy atom. The van der Waals surface area contributed by atoms with Crippen molar-refractivity contribution in [1.82, 2.24) is 0 Å². The van der Waals surface area contributed by atoms with Crippen molar-refractivity contribution in [1.29, 1.82) is 0 Å². The smallest absolute Gasteiger partial charge is 0.418 e. The minimum Gasteiger partial charge on any atom is -0.504 e. The number of aromatic hydroxyl groups is 1. The molecule has 2 N–H and O–H groups in total. The number of benzene rings is 2. The Labute approximate surface area is 158 Å². The number of para-hydroxylation sites is 1. The van der Waals surface area contributed by atoms with E-state index in [1.807, 2.05) is 0 Å². The monoisotopic (exact) mass is 395 g/mol. The van der Waals surface area contributed by atoms with Gasteiger partial charge in [0.05, 0.1) is 18.4 Å². The summed E-state index contributed by atoms with van der Waals surface area (Å²) in [5.41, 5.74) is -0.909. The molecule has 0 unspecified atom stereocenters. The van der Waals surface area contributed by atoms with Crippen LogP contribution in [-0.4, -0.2) is 30.7 Å². The summed E-state index contributed by atoms with van der Waals surface area (Å²) >= 11 is 0. The summed E-state index contributed by atoms with van der Waals surface area (Å²) in [6, 6.07) is 8.82. The zero-order valence-electron chi connectivity index (χ0n) is 14.6. The van der Waals surface area contributed by atoms with Crippen LogP contribution < -0.4 is 10.1 Å². The largest absolute Gasteiger partial charge is 0.504 e. The molecule has 0 spiro atoms. The molecule has 2 aromatic rings. The number of phenols is 1. The second-order valence-corrected chi connectivity index (χ2v) is 5.46. The highest BCUT2D eigenvalue weighted by atomic mass is 19.4. The number of ether oxygens (including phenoxy) is 2. The van der Waals surface area contributed by atoms with Gasteiger partial charge < -0.3 is 19.9 Å². The first-order valence-electron chi connectivity index (χ1n) is 7.88. The first-order valence-corrected chi connectivity index (χ1v) is 7.88. The second kappa shape index (κ2) is 8.94. The highest BCUT2D eigenvalue weighted by molar-refractivity contribution is 5.95. The number of hydrogen-bond donors (Lipinski definition) is 2. The summed E-state index contributed by atoms with van der Waals surface area (Å²) in [7, 11) is 1.37. The highest BCUT2D eigenvalue weighted by Crippen LogP contribution is 2.34. The third-order valence-corrected chi connectivity index (χ3v) is 3.47. The lowest BCUT2D eigenvalue weighted by atomic mass is 10.1. The summed E-state index contributed by atoms with van der Waals surface area (Å²) in [5.74, 6) is -1.65. The lowest BCUT2D eigenvalue weighted by Gasteiger charge is -2.13. The molecule has 9 heteroatoms. The second-order valence-electron chi connectivity index (χ2n) is 5.46. The number of esters is 1. The van der Waals surface area contributed by atoms with Gasteiger partial charge in [-0.3, -0.25) is 4.79 Å². The number of amides is 1. The standard InChI is InChI=1S/C19H16F3NO5/c1-27-16-10-12(6-8-15(16)24)7-9-18(26)28-11-17(25)23-14-5-3-2-4-13(14)19(20,21)22/h2-10,24H,11H2,1H3,(H,23,25)/b9-7+. The number of carbonyl (C=O) groups excluding carboxylic acids is 2. The van der Waals surface area contributed by atoms with Crippen molar-refractivity contribution in [3.63, 3.8) is 0 Å². The summed E-state index contributed by atoms with van der Waals surface area (Å²) in [6.45, 7) is -0.756. The maximum atomic E-state index is 12.9. The fourth-order valence-corrected chi connectivity index (χ4v) is 2.17. The molecule has 0 fully saturated rings. The van der Waals surface area contributed by atoms with E-state index < -0.39 is 35.9 Å². The Morgan fingerprint density at radius 2 is 1.89 bits per heavy atom. The fourth-order valence-electron chi connectivity index (χ4n) is 2.17. The minimum absolute atomic E-state index is 0.0713. The molecule has 0 aliphatic heterocycles. The van der Waals surface area contributed by atoms with Gasteiger partial charge in [-0.2, -0.15) is 13.2 Å². The van der Waals surface area contributed by atoms with Crippen LogP contribution in [0.15, 0.2) is 48.5 Å². The minimum atomic E-state index is -4.63. The molecule has 1 amide bonds. The first kappa shape index (κ1) is 20.8. The normalized spacial score (nSPS) is 11.3. The molecule has 0 radical (unpaired) electrons. The predicted molar refractivity (Wildman–Crippen MR) is 94.7 cm³/mol. The van der Waals surface area contributed by atoms with E-state index in [0.29, 0.717) is 5.56 Å². The number of phenolic OH excluding ortho intramolecular Hbond substituents is 1. The number of methoxy groups -OCH3 is 1. The Kier molecular flexibility index (Phi) is 6.64. The highest BCUT2D eigenvalue weighted by Gasteiger charge is 2.33. The van der Waals surface area contributed by atoms with E-state index in [0.717, 1.165) is 18.2 Å². The molecular weight excluding hydrogens is 379 g/mol. The molecule has 0 aromatic heterocycles. The molecule has 0 saturated carbocycles. The van der Waals surface area contributed by atoms with Crippen LogP contribution in [0.5, 0.6) is 11.5 Å². The molecular formula is C19H16F3NO5. The van der Waals surface area contributed by atoms with Crippen LogP contribution in [0.1, 0.15) is 11.1 Å². The maximum Gasteiger partial charge on any atom is 0.418 e. The number of halogens is 3. The third kappa shape index (κ3) is 5.76. The average Bonchev–Trinajstić information content (AvgIpc) is 2.65. The van der Waals surface area contributed by atoms with Gasteiger partial charge in [0, 0.05) is 6.08 Å². The van der Waals surface area contributed by atoms with E-state index in [4.69, 9.17) is 9.47 Å². The van der Waals surface area contributed by atoms with Gasteiger partial charge in [0.25, 0.3) is 5.91 Å². The van der Waals surface area contributed by atoms with Crippen LogP contribution in [0.25, 0.3) is 6.08 Å². The quantitative estimate of drug-likeness (QED) is 0.577. The number of rotatable bonds is 6. The summed E-state index contributed by atoms with van der Waals surface area (Å²) in [5, 5.41) is 11.6. The Hall–Kier alpha value is -3.49. The zero-order valence-corrected chi connectivity index (χ0v) is 14.6. The lowest BCUT2D eigenvalue weighted by molar-refractivity contribution is -0.142. The number of alkyl halides is 3. The molecule has 6 nitrogen and oxygen atoms in total. The molecule has 0 atom stereocenters. The van der Waals surface area contributed by atoms with Crippen molar-refractivity contribution in [2.75, 3.05) is 19.0 Å².